The van der Waals surface area contributed by atoms with E-state index in [1.54, 1.807) is 26.0 Å². The van der Waals surface area contributed by atoms with Gasteiger partial charge in [-0.1, -0.05) is 26.0 Å². The van der Waals surface area contributed by atoms with E-state index in [-0.39, 0.29) is 36.6 Å². The first-order chi connectivity index (χ1) is 14.6. The number of benzene rings is 2. The summed E-state index contributed by atoms with van der Waals surface area (Å²) in [6, 6.07) is 8.98. The minimum Gasteiger partial charge on any atom is -0.333 e. The molecule has 31 heavy (non-hydrogen) atoms. The standard InChI is InChI=1S/C22H29F2N3O3S/c1-5-27(6-2)31(29,30)19-11-12-21(24)20(15-19)22(28)26(14-13-25(3)4)16-17-7-9-18(23)10-8-17/h7-12,15H,5-6,13-14,16H2,1-4H3. The van der Waals surface area contributed by atoms with Crippen molar-refractivity contribution in [1.82, 2.24) is 14.1 Å². The van der Waals surface area contributed by atoms with Gasteiger partial charge in [0.1, 0.15) is 11.6 Å². The number of sulfonamides is 1. The highest BCUT2D eigenvalue weighted by atomic mass is 32.2. The molecule has 0 unspecified atom stereocenters. The maximum absolute atomic E-state index is 14.6. The average molecular weight is 454 g/mol. The lowest BCUT2D eigenvalue weighted by atomic mass is 10.1. The molecule has 170 valence electrons. The van der Waals surface area contributed by atoms with E-state index in [0.29, 0.717) is 12.1 Å². The van der Waals surface area contributed by atoms with Crippen LogP contribution in [0.2, 0.25) is 0 Å². The lowest BCUT2D eigenvalue weighted by Gasteiger charge is -2.25. The van der Waals surface area contributed by atoms with E-state index in [9.17, 15) is 22.0 Å². The lowest BCUT2D eigenvalue weighted by molar-refractivity contribution is 0.0727. The Labute approximate surface area is 183 Å². The van der Waals surface area contributed by atoms with Crippen LogP contribution in [-0.2, 0) is 16.6 Å². The number of carbonyl (C=O) groups excluding carboxylic acids is 1. The van der Waals surface area contributed by atoms with Gasteiger partial charge >= 0.3 is 0 Å². The fourth-order valence-corrected chi connectivity index (χ4v) is 4.58. The van der Waals surface area contributed by atoms with Crippen LogP contribution in [0.15, 0.2) is 47.4 Å². The van der Waals surface area contributed by atoms with Crippen molar-refractivity contribution >= 4 is 15.9 Å². The smallest absolute Gasteiger partial charge is 0.257 e. The predicted octanol–water partition coefficient (Wildman–Crippen LogP) is 3.20. The second kappa shape index (κ2) is 10.8. The van der Waals surface area contributed by atoms with Gasteiger partial charge in [-0.25, -0.2) is 17.2 Å². The molecule has 6 nitrogen and oxygen atoms in total. The third-order valence-corrected chi connectivity index (χ3v) is 6.95. The first kappa shape index (κ1) is 24.9. The van der Waals surface area contributed by atoms with Crippen LogP contribution < -0.4 is 0 Å². The van der Waals surface area contributed by atoms with Crippen molar-refractivity contribution in [3.05, 3.63) is 65.2 Å². The molecule has 0 aliphatic carbocycles. The highest BCUT2D eigenvalue weighted by molar-refractivity contribution is 7.89. The average Bonchev–Trinajstić information content (AvgIpc) is 2.72. The normalized spacial score (nSPS) is 11.9. The van der Waals surface area contributed by atoms with E-state index in [1.807, 2.05) is 19.0 Å². The Hall–Kier alpha value is -2.36. The summed E-state index contributed by atoms with van der Waals surface area (Å²) in [6.07, 6.45) is 0. The lowest BCUT2D eigenvalue weighted by Crippen LogP contribution is -2.37. The van der Waals surface area contributed by atoms with Gasteiger partial charge in [0.2, 0.25) is 10.0 Å². The molecule has 0 saturated heterocycles. The van der Waals surface area contributed by atoms with Crippen LogP contribution in [0.1, 0.15) is 29.8 Å². The van der Waals surface area contributed by atoms with Crippen LogP contribution in [0.5, 0.6) is 0 Å². The molecule has 0 aliphatic rings. The summed E-state index contributed by atoms with van der Waals surface area (Å²) in [5.74, 6) is -1.81. The minimum absolute atomic E-state index is 0.129. The Kier molecular flexibility index (Phi) is 8.67. The van der Waals surface area contributed by atoms with Gasteiger partial charge < -0.3 is 9.80 Å². The summed E-state index contributed by atoms with van der Waals surface area (Å²) in [5, 5.41) is 0. The molecule has 0 heterocycles. The molecule has 0 saturated carbocycles. The summed E-state index contributed by atoms with van der Waals surface area (Å²) in [5.41, 5.74) is 0.370. The number of amides is 1. The number of rotatable bonds is 10. The molecule has 2 aromatic carbocycles. The quantitative estimate of drug-likeness (QED) is 0.554. The molecule has 1 amide bonds. The second-order valence-electron chi connectivity index (χ2n) is 7.39. The number of likely N-dealkylation sites (N-methyl/N-ethyl adjacent to an activating group) is 1. The fourth-order valence-electron chi connectivity index (χ4n) is 3.09. The summed E-state index contributed by atoms with van der Waals surface area (Å²) in [6.45, 7) is 4.89. The maximum atomic E-state index is 14.6. The largest absolute Gasteiger partial charge is 0.333 e. The molecular formula is C22H29F2N3O3S. The fraction of sp³-hybridized carbons (Fsp3) is 0.409. The molecule has 0 aliphatic heterocycles. The third kappa shape index (κ3) is 6.32. The van der Waals surface area contributed by atoms with Crippen molar-refractivity contribution in [1.29, 1.82) is 0 Å². The van der Waals surface area contributed by atoms with Crippen molar-refractivity contribution < 1.29 is 22.0 Å². The topological polar surface area (TPSA) is 60.9 Å². The highest BCUT2D eigenvalue weighted by Gasteiger charge is 2.26. The molecule has 0 atom stereocenters. The van der Waals surface area contributed by atoms with Gasteiger partial charge in [0.25, 0.3) is 5.91 Å². The molecule has 2 rings (SSSR count). The predicted molar refractivity (Wildman–Crippen MR) is 116 cm³/mol. The molecule has 2 aromatic rings. The van der Waals surface area contributed by atoms with Gasteiger partial charge in [-0.2, -0.15) is 4.31 Å². The molecule has 0 N–H and O–H groups in total. The Balaban J connectivity index is 2.41. The molecule has 0 aromatic heterocycles. The Morgan fingerprint density at radius 1 is 0.935 bits per heavy atom. The Morgan fingerprint density at radius 3 is 2.10 bits per heavy atom. The maximum Gasteiger partial charge on any atom is 0.257 e. The van der Waals surface area contributed by atoms with E-state index < -0.39 is 27.6 Å². The van der Waals surface area contributed by atoms with E-state index >= 15 is 0 Å². The monoisotopic (exact) mass is 453 g/mol. The Bertz CT molecular complexity index is 992. The molecule has 0 fully saturated rings. The van der Waals surface area contributed by atoms with Gasteiger partial charge in [0.15, 0.2) is 0 Å². The van der Waals surface area contributed by atoms with Crippen LogP contribution in [0.4, 0.5) is 8.78 Å². The van der Waals surface area contributed by atoms with Crippen LogP contribution in [0, 0.1) is 11.6 Å². The van der Waals surface area contributed by atoms with Gasteiger partial charge in [-0.15, -0.1) is 0 Å². The van der Waals surface area contributed by atoms with E-state index in [1.165, 1.54) is 27.4 Å². The zero-order chi connectivity index (χ0) is 23.2. The molecular weight excluding hydrogens is 424 g/mol. The van der Waals surface area contributed by atoms with Crippen LogP contribution in [0.25, 0.3) is 0 Å². The number of hydrogen-bond acceptors (Lipinski definition) is 4. The summed E-state index contributed by atoms with van der Waals surface area (Å²) >= 11 is 0. The van der Waals surface area contributed by atoms with E-state index in [4.69, 9.17) is 0 Å². The summed E-state index contributed by atoms with van der Waals surface area (Å²) in [7, 11) is -0.152. The number of nitrogens with zero attached hydrogens (tertiary/aromatic N) is 3. The Morgan fingerprint density at radius 2 is 1.55 bits per heavy atom. The van der Waals surface area contributed by atoms with Gasteiger partial charge in [0.05, 0.1) is 10.5 Å². The summed E-state index contributed by atoms with van der Waals surface area (Å²) < 4.78 is 54.7. The van der Waals surface area contributed by atoms with E-state index in [0.717, 1.165) is 12.1 Å². The molecule has 9 heteroatoms. The SMILES string of the molecule is CCN(CC)S(=O)(=O)c1ccc(F)c(C(=O)N(CCN(C)C)Cc2ccc(F)cc2)c1. The molecule has 0 radical (unpaired) electrons. The minimum atomic E-state index is -3.84. The zero-order valence-corrected chi connectivity index (χ0v) is 19.1. The third-order valence-electron chi connectivity index (χ3n) is 4.90. The van der Waals surface area contributed by atoms with E-state index in [2.05, 4.69) is 0 Å². The highest BCUT2D eigenvalue weighted by Crippen LogP contribution is 2.21. The van der Waals surface area contributed by atoms with Crippen molar-refractivity contribution in [3.8, 4) is 0 Å². The molecule has 0 bridgehead atoms. The van der Waals surface area contributed by atoms with Gasteiger partial charge in [0, 0.05) is 32.7 Å². The van der Waals surface area contributed by atoms with Crippen LogP contribution >= 0.6 is 0 Å². The van der Waals surface area contributed by atoms with Crippen molar-refractivity contribution in [2.45, 2.75) is 25.3 Å². The molecule has 0 spiro atoms. The zero-order valence-electron chi connectivity index (χ0n) is 18.3. The second-order valence-corrected chi connectivity index (χ2v) is 9.33. The van der Waals surface area contributed by atoms with Crippen molar-refractivity contribution in [2.75, 3.05) is 40.3 Å². The number of hydrogen-bond donors (Lipinski definition) is 0. The van der Waals surface area contributed by atoms with Gasteiger partial charge in [-0.3, -0.25) is 4.79 Å². The van der Waals surface area contributed by atoms with Crippen molar-refractivity contribution in [3.63, 3.8) is 0 Å². The first-order valence-electron chi connectivity index (χ1n) is 10.1. The van der Waals surface area contributed by atoms with Gasteiger partial charge in [-0.05, 0) is 50.0 Å². The van der Waals surface area contributed by atoms with Crippen LogP contribution in [-0.4, -0.2) is 68.7 Å². The number of halogens is 2. The first-order valence-corrected chi connectivity index (χ1v) is 11.5. The van der Waals surface area contributed by atoms with Crippen LogP contribution in [0.3, 0.4) is 0 Å². The summed E-state index contributed by atoms with van der Waals surface area (Å²) in [4.78, 5) is 16.4. The van der Waals surface area contributed by atoms with Crippen molar-refractivity contribution in [2.24, 2.45) is 0 Å². The number of carbonyl (C=O) groups is 1.